The summed E-state index contributed by atoms with van der Waals surface area (Å²) in [6, 6.07) is 4.12. The molecule has 0 aliphatic rings. The molecule has 0 radical (unpaired) electrons. The number of hydrogen-bond acceptors (Lipinski definition) is 4. The Morgan fingerprint density at radius 2 is 2.17 bits per heavy atom. The average Bonchev–Trinajstić information content (AvgIpc) is 2.98. The molecule has 0 saturated carbocycles. The number of nitrogens with one attached hydrogen (secondary N) is 1. The highest BCUT2D eigenvalue weighted by molar-refractivity contribution is 7.09. The van der Waals surface area contributed by atoms with Crippen molar-refractivity contribution in [3.8, 4) is 0 Å². The second-order valence-electron chi connectivity index (χ2n) is 6.49. The van der Waals surface area contributed by atoms with E-state index in [0.29, 0.717) is 32.1 Å². The highest BCUT2D eigenvalue weighted by Gasteiger charge is 2.21. The lowest BCUT2D eigenvalue weighted by molar-refractivity contribution is 0.0253. The molecule has 1 amide bonds. The van der Waals surface area contributed by atoms with Crippen LogP contribution in [0.1, 0.15) is 39.0 Å². The first-order valence-electron chi connectivity index (χ1n) is 8.36. The number of nitrogens with zero attached hydrogens (tertiary/aromatic N) is 2. The SMILES string of the molecule is CCCN(CCNC(N)=NCCc1cccs1)C(=O)OC(C)(C)C. The van der Waals surface area contributed by atoms with Crippen LogP contribution in [0.4, 0.5) is 4.79 Å². The first kappa shape index (κ1) is 20.3. The Morgan fingerprint density at radius 1 is 1.42 bits per heavy atom. The number of thiophene rings is 1. The van der Waals surface area contributed by atoms with Crippen molar-refractivity contribution in [2.45, 2.75) is 46.1 Å². The van der Waals surface area contributed by atoms with Gasteiger partial charge in [0.1, 0.15) is 5.60 Å². The van der Waals surface area contributed by atoms with Crippen LogP contribution in [-0.2, 0) is 11.2 Å². The summed E-state index contributed by atoms with van der Waals surface area (Å²) in [5, 5.41) is 5.11. The Balaban J connectivity index is 2.34. The largest absolute Gasteiger partial charge is 0.444 e. The van der Waals surface area contributed by atoms with Crippen molar-refractivity contribution >= 4 is 23.4 Å². The van der Waals surface area contributed by atoms with Crippen LogP contribution in [-0.4, -0.2) is 48.7 Å². The van der Waals surface area contributed by atoms with Gasteiger partial charge in [-0.2, -0.15) is 0 Å². The van der Waals surface area contributed by atoms with Crippen molar-refractivity contribution in [2.75, 3.05) is 26.2 Å². The van der Waals surface area contributed by atoms with Crippen LogP contribution >= 0.6 is 11.3 Å². The molecule has 1 heterocycles. The van der Waals surface area contributed by atoms with Gasteiger partial charge in [0.15, 0.2) is 5.96 Å². The van der Waals surface area contributed by atoms with Gasteiger partial charge >= 0.3 is 6.09 Å². The minimum Gasteiger partial charge on any atom is -0.444 e. The molecule has 0 fully saturated rings. The molecule has 0 bridgehead atoms. The van der Waals surface area contributed by atoms with E-state index in [1.165, 1.54) is 4.88 Å². The molecule has 6 nitrogen and oxygen atoms in total. The maximum atomic E-state index is 12.1. The van der Waals surface area contributed by atoms with Gasteiger partial charge in [-0.15, -0.1) is 11.3 Å². The lowest BCUT2D eigenvalue weighted by Crippen LogP contribution is -2.43. The predicted octanol–water partition coefficient (Wildman–Crippen LogP) is 2.84. The third-order valence-corrected chi connectivity index (χ3v) is 3.99. The van der Waals surface area contributed by atoms with Gasteiger partial charge in [0.2, 0.25) is 0 Å². The fourth-order valence-corrected chi connectivity index (χ4v) is 2.71. The summed E-state index contributed by atoms with van der Waals surface area (Å²) in [7, 11) is 0. The number of rotatable bonds is 8. The van der Waals surface area contributed by atoms with E-state index in [2.05, 4.69) is 21.8 Å². The van der Waals surface area contributed by atoms with Crippen molar-refractivity contribution in [3.05, 3.63) is 22.4 Å². The minimum absolute atomic E-state index is 0.292. The molecular weight excluding hydrogens is 324 g/mol. The maximum absolute atomic E-state index is 12.1. The predicted molar refractivity (Wildman–Crippen MR) is 101 cm³/mol. The summed E-state index contributed by atoms with van der Waals surface area (Å²) in [5.74, 6) is 0.409. The van der Waals surface area contributed by atoms with E-state index < -0.39 is 5.60 Å². The second-order valence-corrected chi connectivity index (χ2v) is 7.52. The molecule has 0 aliphatic carbocycles. The molecule has 0 saturated heterocycles. The molecule has 1 aromatic rings. The van der Waals surface area contributed by atoms with Gasteiger partial charge in [-0.1, -0.05) is 13.0 Å². The molecule has 3 N–H and O–H groups in total. The van der Waals surface area contributed by atoms with Crippen LogP contribution in [0.5, 0.6) is 0 Å². The fraction of sp³-hybridized carbons (Fsp3) is 0.647. The van der Waals surface area contributed by atoms with Crippen molar-refractivity contribution in [2.24, 2.45) is 10.7 Å². The zero-order valence-corrected chi connectivity index (χ0v) is 16.0. The number of ether oxygens (including phenoxy) is 1. The molecule has 1 rings (SSSR count). The van der Waals surface area contributed by atoms with E-state index >= 15 is 0 Å². The monoisotopic (exact) mass is 354 g/mol. The topological polar surface area (TPSA) is 80.0 Å². The van der Waals surface area contributed by atoms with E-state index in [-0.39, 0.29) is 6.09 Å². The van der Waals surface area contributed by atoms with E-state index in [4.69, 9.17) is 10.5 Å². The van der Waals surface area contributed by atoms with Crippen LogP contribution in [0.25, 0.3) is 0 Å². The summed E-state index contributed by atoms with van der Waals surface area (Å²) in [6.45, 7) is 10.0. The molecule has 0 aromatic carbocycles. The van der Waals surface area contributed by atoms with Gasteiger partial charge in [0.05, 0.1) is 0 Å². The van der Waals surface area contributed by atoms with Crippen LogP contribution in [0.2, 0.25) is 0 Å². The molecule has 0 atom stereocenters. The zero-order valence-electron chi connectivity index (χ0n) is 15.2. The number of amides is 1. The Bertz CT molecular complexity index is 509. The van der Waals surface area contributed by atoms with Gasteiger partial charge < -0.3 is 20.7 Å². The van der Waals surface area contributed by atoms with Crippen LogP contribution < -0.4 is 11.1 Å². The number of nitrogens with two attached hydrogens (primary N) is 1. The molecular formula is C17H30N4O2S. The Labute approximate surface area is 149 Å². The average molecular weight is 355 g/mol. The summed E-state index contributed by atoms with van der Waals surface area (Å²) in [4.78, 5) is 19.4. The number of aliphatic imine (C=N–C) groups is 1. The van der Waals surface area contributed by atoms with Gasteiger partial charge in [0.25, 0.3) is 0 Å². The molecule has 0 aliphatic heterocycles. The molecule has 136 valence electrons. The summed E-state index contributed by atoms with van der Waals surface area (Å²) < 4.78 is 5.42. The third-order valence-electron chi connectivity index (χ3n) is 3.05. The van der Waals surface area contributed by atoms with Crippen molar-refractivity contribution in [3.63, 3.8) is 0 Å². The van der Waals surface area contributed by atoms with Gasteiger partial charge in [0, 0.05) is 37.5 Å². The Hall–Kier alpha value is -1.76. The lowest BCUT2D eigenvalue weighted by atomic mass is 10.2. The number of hydrogen-bond donors (Lipinski definition) is 2. The van der Waals surface area contributed by atoms with Gasteiger partial charge in [-0.05, 0) is 38.6 Å². The lowest BCUT2D eigenvalue weighted by Gasteiger charge is -2.27. The summed E-state index contributed by atoms with van der Waals surface area (Å²) in [5.41, 5.74) is 5.37. The number of guanidine groups is 1. The zero-order chi connectivity index (χ0) is 18.0. The van der Waals surface area contributed by atoms with E-state index in [9.17, 15) is 4.79 Å². The minimum atomic E-state index is -0.487. The van der Waals surface area contributed by atoms with E-state index in [0.717, 1.165) is 12.8 Å². The summed E-state index contributed by atoms with van der Waals surface area (Å²) >= 11 is 1.72. The van der Waals surface area contributed by atoms with E-state index in [1.54, 1.807) is 16.2 Å². The van der Waals surface area contributed by atoms with Crippen LogP contribution in [0.15, 0.2) is 22.5 Å². The molecule has 7 heteroatoms. The maximum Gasteiger partial charge on any atom is 0.410 e. The highest BCUT2D eigenvalue weighted by Crippen LogP contribution is 2.10. The number of carbonyl (C=O) groups is 1. The van der Waals surface area contributed by atoms with E-state index in [1.807, 2.05) is 33.8 Å². The van der Waals surface area contributed by atoms with Crippen molar-refractivity contribution in [1.82, 2.24) is 10.2 Å². The third kappa shape index (κ3) is 8.76. The standard InChI is InChI=1S/C17H30N4O2S/c1-5-11-21(16(22)23-17(2,3)4)12-10-20-15(18)19-9-8-14-7-6-13-24-14/h6-7,13H,5,8-12H2,1-4H3,(H3,18,19,20). The molecule has 24 heavy (non-hydrogen) atoms. The quantitative estimate of drug-likeness (QED) is 0.556. The first-order chi connectivity index (χ1) is 11.3. The van der Waals surface area contributed by atoms with Gasteiger partial charge in [-0.3, -0.25) is 4.99 Å². The smallest absolute Gasteiger partial charge is 0.410 e. The van der Waals surface area contributed by atoms with Crippen molar-refractivity contribution in [1.29, 1.82) is 0 Å². The highest BCUT2D eigenvalue weighted by atomic mass is 32.1. The molecule has 1 aromatic heterocycles. The molecule has 0 spiro atoms. The second kappa shape index (κ2) is 10.2. The van der Waals surface area contributed by atoms with Gasteiger partial charge in [-0.25, -0.2) is 4.79 Å². The first-order valence-corrected chi connectivity index (χ1v) is 9.24. The van der Waals surface area contributed by atoms with Crippen LogP contribution in [0, 0.1) is 0 Å². The normalized spacial score (nSPS) is 12.1. The summed E-state index contributed by atoms with van der Waals surface area (Å²) in [6.07, 6.45) is 1.48. The Kier molecular flexibility index (Phi) is 8.60. The fourth-order valence-electron chi connectivity index (χ4n) is 2.01. The Morgan fingerprint density at radius 3 is 2.75 bits per heavy atom. The van der Waals surface area contributed by atoms with Crippen molar-refractivity contribution < 1.29 is 9.53 Å². The molecule has 0 unspecified atom stereocenters. The number of carbonyl (C=O) groups excluding carboxylic acids is 1. The van der Waals surface area contributed by atoms with Crippen LogP contribution in [0.3, 0.4) is 0 Å².